The highest BCUT2D eigenvalue weighted by Gasteiger charge is 2.13. The average Bonchev–Trinajstić information content (AvgIpc) is 2.62. The molecule has 0 aromatic rings. The number of hydrogen-bond donors (Lipinski definition) is 2. The summed E-state index contributed by atoms with van der Waals surface area (Å²) in [5.74, 6) is 0. The number of aliphatic hydroxyl groups is 2. The molecule has 0 saturated heterocycles. The van der Waals surface area contributed by atoms with Gasteiger partial charge >= 0.3 is 0 Å². The monoisotopic (exact) mass is 357 g/mol. The molecule has 0 amide bonds. The molecular weight excluding hydrogens is 310 g/mol. The molecule has 2 N–H and O–H groups in total. The molecule has 0 rings (SSSR count). The van der Waals surface area contributed by atoms with Crippen molar-refractivity contribution in [1.82, 2.24) is 4.90 Å². The molecule has 0 aliphatic rings. The fourth-order valence-electron chi connectivity index (χ4n) is 3.29. The second-order valence-corrected chi connectivity index (χ2v) is 7.77. The number of rotatable bonds is 19. The van der Waals surface area contributed by atoms with Crippen LogP contribution < -0.4 is 0 Å². The Labute approximate surface area is 158 Å². The highest BCUT2D eigenvalue weighted by molar-refractivity contribution is 4.68. The predicted octanol–water partition coefficient (Wildman–Crippen LogP) is 5.53. The summed E-state index contributed by atoms with van der Waals surface area (Å²) >= 11 is 0. The number of aliphatic hydroxyl groups excluding tert-OH is 2. The Kier molecular flexibility index (Phi) is 18.6. The van der Waals surface area contributed by atoms with Crippen molar-refractivity contribution in [3.8, 4) is 0 Å². The quantitative estimate of drug-likeness (QED) is 0.299. The molecule has 0 aliphatic heterocycles. The van der Waals surface area contributed by atoms with E-state index in [4.69, 9.17) is 0 Å². The van der Waals surface area contributed by atoms with Crippen molar-refractivity contribution in [2.75, 3.05) is 19.6 Å². The zero-order valence-corrected chi connectivity index (χ0v) is 17.5. The van der Waals surface area contributed by atoms with Crippen LogP contribution >= 0.6 is 0 Å². The number of hydrogen-bond acceptors (Lipinski definition) is 3. The lowest BCUT2D eigenvalue weighted by Gasteiger charge is -2.26. The Morgan fingerprint density at radius 1 is 0.560 bits per heavy atom. The van der Waals surface area contributed by atoms with Gasteiger partial charge in [0, 0.05) is 13.1 Å². The summed E-state index contributed by atoms with van der Waals surface area (Å²) in [6.07, 6.45) is 17.4. The summed E-state index contributed by atoms with van der Waals surface area (Å²) in [6, 6.07) is 0. The summed E-state index contributed by atoms with van der Waals surface area (Å²) in [4.78, 5) is 2.25. The summed E-state index contributed by atoms with van der Waals surface area (Å²) in [6.45, 7) is 8.71. The second-order valence-electron chi connectivity index (χ2n) is 7.77. The van der Waals surface area contributed by atoms with Gasteiger partial charge in [-0.1, -0.05) is 91.4 Å². The molecule has 3 heteroatoms. The Morgan fingerprint density at radius 2 is 0.920 bits per heavy atom. The molecule has 0 bridgehead atoms. The van der Waals surface area contributed by atoms with E-state index in [-0.39, 0.29) is 12.2 Å². The highest BCUT2D eigenvalue weighted by atomic mass is 16.3. The molecule has 0 radical (unpaired) electrons. The molecule has 152 valence electrons. The first-order chi connectivity index (χ1) is 12.1. The largest absolute Gasteiger partial charge is 0.392 e. The van der Waals surface area contributed by atoms with Crippen LogP contribution in [-0.2, 0) is 0 Å². The Balaban J connectivity index is 3.57. The lowest BCUT2D eigenvalue weighted by atomic mass is 10.1. The van der Waals surface area contributed by atoms with Gasteiger partial charge in [0.05, 0.1) is 12.2 Å². The first-order valence-electron chi connectivity index (χ1n) is 11.2. The first kappa shape index (κ1) is 24.9. The minimum absolute atomic E-state index is 0.263. The predicted molar refractivity (Wildman–Crippen MR) is 110 cm³/mol. The van der Waals surface area contributed by atoms with E-state index in [9.17, 15) is 10.2 Å². The molecule has 0 heterocycles. The molecular formula is C22H47NO2. The number of unbranched alkanes of at least 4 members (excludes halogenated alkanes) is 11. The molecule has 0 fully saturated rings. The van der Waals surface area contributed by atoms with Gasteiger partial charge in [-0.05, 0) is 25.8 Å². The molecule has 2 unspecified atom stereocenters. The Morgan fingerprint density at radius 3 is 1.28 bits per heavy atom. The molecule has 25 heavy (non-hydrogen) atoms. The maximum atomic E-state index is 9.88. The second kappa shape index (κ2) is 18.7. The molecule has 2 atom stereocenters. The molecule has 0 aliphatic carbocycles. The molecule has 0 aromatic heterocycles. The third-order valence-electron chi connectivity index (χ3n) is 5.21. The summed E-state index contributed by atoms with van der Waals surface area (Å²) in [7, 11) is 0. The van der Waals surface area contributed by atoms with E-state index in [0.717, 1.165) is 19.4 Å². The maximum Gasteiger partial charge on any atom is 0.0664 e. The van der Waals surface area contributed by atoms with Gasteiger partial charge in [-0.2, -0.15) is 0 Å². The van der Waals surface area contributed by atoms with Gasteiger partial charge in [0.2, 0.25) is 0 Å². The molecule has 3 nitrogen and oxygen atoms in total. The summed E-state index contributed by atoms with van der Waals surface area (Å²) < 4.78 is 0. The van der Waals surface area contributed by atoms with Crippen LogP contribution in [0.25, 0.3) is 0 Å². The lowest BCUT2D eigenvalue weighted by molar-refractivity contribution is 0.0654. The van der Waals surface area contributed by atoms with E-state index in [1.165, 1.54) is 77.0 Å². The number of nitrogens with zero attached hydrogens (tertiary/aromatic N) is 1. The Bertz CT molecular complexity index is 248. The molecule has 0 saturated carbocycles. The van der Waals surface area contributed by atoms with Crippen molar-refractivity contribution in [1.29, 1.82) is 0 Å². The van der Waals surface area contributed by atoms with Gasteiger partial charge in [-0.25, -0.2) is 0 Å². The van der Waals surface area contributed by atoms with Crippen molar-refractivity contribution in [3.05, 3.63) is 0 Å². The summed E-state index contributed by atoms with van der Waals surface area (Å²) in [5, 5.41) is 19.8. The van der Waals surface area contributed by atoms with Gasteiger partial charge in [-0.3, -0.25) is 4.90 Å². The Hall–Kier alpha value is -0.120. The lowest BCUT2D eigenvalue weighted by Crippen LogP contribution is -2.38. The fraction of sp³-hybridized carbons (Fsp3) is 1.00. The van der Waals surface area contributed by atoms with Crippen LogP contribution in [0.3, 0.4) is 0 Å². The van der Waals surface area contributed by atoms with Gasteiger partial charge in [-0.15, -0.1) is 0 Å². The zero-order chi connectivity index (χ0) is 18.8. The van der Waals surface area contributed by atoms with Crippen LogP contribution in [0.1, 0.15) is 111 Å². The normalized spacial score (nSPS) is 14.2. The fourth-order valence-corrected chi connectivity index (χ4v) is 3.29. The average molecular weight is 358 g/mol. The van der Waals surface area contributed by atoms with Crippen LogP contribution in [-0.4, -0.2) is 47.0 Å². The zero-order valence-electron chi connectivity index (χ0n) is 17.5. The van der Waals surface area contributed by atoms with Crippen LogP contribution in [0.4, 0.5) is 0 Å². The topological polar surface area (TPSA) is 43.7 Å². The van der Waals surface area contributed by atoms with Crippen LogP contribution in [0, 0.1) is 0 Å². The minimum Gasteiger partial charge on any atom is -0.392 e. The van der Waals surface area contributed by atoms with E-state index < -0.39 is 0 Å². The van der Waals surface area contributed by atoms with E-state index >= 15 is 0 Å². The van der Waals surface area contributed by atoms with Gasteiger partial charge in [0.25, 0.3) is 0 Å². The highest BCUT2D eigenvalue weighted by Crippen LogP contribution is 2.12. The summed E-state index contributed by atoms with van der Waals surface area (Å²) in [5.41, 5.74) is 0. The third-order valence-corrected chi connectivity index (χ3v) is 5.21. The van der Waals surface area contributed by atoms with Gasteiger partial charge < -0.3 is 10.2 Å². The van der Waals surface area contributed by atoms with E-state index in [2.05, 4.69) is 11.8 Å². The van der Waals surface area contributed by atoms with Gasteiger partial charge in [0.15, 0.2) is 0 Å². The minimum atomic E-state index is -0.263. The van der Waals surface area contributed by atoms with Crippen molar-refractivity contribution >= 4 is 0 Å². The standard InChI is InChI=1S/C22H47NO2/c1-4-7-8-9-10-11-12-13-14-15-16-17-18-23(19-21(24)5-2)20-22(25)6-3/h21-22,24-25H,4-20H2,1-3H3. The molecule has 0 spiro atoms. The van der Waals surface area contributed by atoms with Crippen LogP contribution in [0.15, 0.2) is 0 Å². The SMILES string of the molecule is CCCCCCCCCCCCCCN(CC(O)CC)CC(O)CC. The third kappa shape index (κ3) is 17.1. The smallest absolute Gasteiger partial charge is 0.0664 e. The van der Waals surface area contributed by atoms with Crippen molar-refractivity contribution < 1.29 is 10.2 Å². The van der Waals surface area contributed by atoms with Crippen molar-refractivity contribution in [2.45, 2.75) is 123 Å². The van der Waals surface area contributed by atoms with E-state index in [1.807, 2.05) is 13.8 Å². The van der Waals surface area contributed by atoms with Crippen LogP contribution in [0.2, 0.25) is 0 Å². The molecule has 0 aromatic carbocycles. The van der Waals surface area contributed by atoms with E-state index in [1.54, 1.807) is 0 Å². The van der Waals surface area contributed by atoms with Crippen molar-refractivity contribution in [2.24, 2.45) is 0 Å². The first-order valence-corrected chi connectivity index (χ1v) is 11.2. The van der Waals surface area contributed by atoms with Gasteiger partial charge in [0.1, 0.15) is 0 Å². The van der Waals surface area contributed by atoms with E-state index in [0.29, 0.717) is 13.1 Å². The van der Waals surface area contributed by atoms with Crippen molar-refractivity contribution in [3.63, 3.8) is 0 Å². The maximum absolute atomic E-state index is 9.88. The van der Waals surface area contributed by atoms with Crippen LogP contribution in [0.5, 0.6) is 0 Å².